The smallest absolute Gasteiger partial charge is 0.340 e. The number of para-hydroxylation sites is 1. The van der Waals surface area contributed by atoms with Crippen molar-refractivity contribution in [1.29, 1.82) is 0 Å². The number of benzene rings is 2. The van der Waals surface area contributed by atoms with Crippen LogP contribution in [0.5, 0.6) is 5.75 Å². The van der Waals surface area contributed by atoms with E-state index in [9.17, 15) is 19.7 Å². The van der Waals surface area contributed by atoms with Gasteiger partial charge in [-0.3, -0.25) is 14.9 Å². The number of ether oxygens (including phenoxy) is 2. The lowest BCUT2D eigenvalue weighted by atomic mass is 10.0. The fraction of sp³-hybridized carbons (Fsp3) is 0.222. The molecule has 0 aliphatic carbocycles. The summed E-state index contributed by atoms with van der Waals surface area (Å²) in [5.74, 6) is -0.593. The van der Waals surface area contributed by atoms with Crippen molar-refractivity contribution in [1.82, 2.24) is 5.32 Å². The van der Waals surface area contributed by atoms with Crippen LogP contribution < -0.4 is 10.1 Å². The first kappa shape index (κ1) is 18.7. The maximum atomic E-state index is 12.1. The Hall–Kier alpha value is -3.13. The number of nitrogens with one attached hydrogen (secondary N) is 1. The van der Waals surface area contributed by atoms with E-state index in [1.807, 2.05) is 24.3 Å². The second-order valence-corrected chi connectivity index (χ2v) is 6.20. The van der Waals surface area contributed by atoms with Gasteiger partial charge in [-0.2, -0.15) is 0 Å². The molecule has 1 aliphatic rings. The summed E-state index contributed by atoms with van der Waals surface area (Å²) < 4.78 is 10.5. The Kier molecular flexibility index (Phi) is 5.56. The number of carbonyl (C=O) groups excluding carboxylic acids is 2. The summed E-state index contributed by atoms with van der Waals surface area (Å²) in [5, 5.41) is 13.4. The third-order valence-electron chi connectivity index (χ3n) is 4.01. The lowest BCUT2D eigenvalue weighted by molar-refractivity contribution is -0.384. The summed E-state index contributed by atoms with van der Waals surface area (Å²) in [5.41, 5.74) is 0.570. The van der Waals surface area contributed by atoms with E-state index in [0.29, 0.717) is 18.8 Å². The van der Waals surface area contributed by atoms with E-state index in [1.54, 1.807) is 0 Å². The van der Waals surface area contributed by atoms with Crippen LogP contribution in [-0.4, -0.2) is 30.0 Å². The molecular formula is C18H15ClN2O6. The minimum absolute atomic E-state index is 0.0496. The number of carbonyl (C=O) groups is 2. The lowest BCUT2D eigenvalue weighted by Crippen LogP contribution is -2.35. The molecule has 1 heterocycles. The van der Waals surface area contributed by atoms with Crippen LogP contribution in [0.1, 0.15) is 28.4 Å². The fourth-order valence-electron chi connectivity index (χ4n) is 2.72. The molecule has 0 saturated carbocycles. The highest BCUT2D eigenvalue weighted by Crippen LogP contribution is 2.31. The van der Waals surface area contributed by atoms with Crippen LogP contribution in [-0.2, 0) is 9.53 Å². The topological polar surface area (TPSA) is 108 Å². The van der Waals surface area contributed by atoms with Crippen LogP contribution in [0.4, 0.5) is 5.69 Å². The molecule has 0 fully saturated rings. The van der Waals surface area contributed by atoms with Gasteiger partial charge in [0.05, 0.1) is 28.2 Å². The summed E-state index contributed by atoms with van der Waals surface area (Å²) in [7, 11) is 0. The lowest BCUT2D eigenvalue weighted by Gasteiger charge is -2.26. The van der Waals surface area contributed by atoms with Crippen molar-refractivity contribution >= 4 is 29.2 Å². The molecule has 2 aromatic carbocycles. The molecule has 0 radical (unpaired) electrons. The highest BCUT2D eigenvalue weighted by molar-refractivity contribution is 6.33. The standard InChI is InChI=1S/C18H15ClN2O6/c19-14-9-11(21(24)25)5-6-12(14)18(23)27-10-17(22)20-15-7-8-26-16-4-2-1-3-13(15)16/h1-6,9,15H,7-8,10H2,(H,20,22). The van der Waals surface area contributed by atoms with Gasteiger partial charge in [-0.25, -0.2) is 4.79 Å². The molecular weight excluding hydrogens is 376 g/mol. The Bertz CT molecular complexity index is 901. The molecule has 8 nitrogen and oxygen atoms in total. The van der Waals surface area contributed by atoms with Gasteiger partial charge >= 0.3 is 5.97 Å². The van der Waals surface area contributed by atoms with E-state index < -0.39 is 23.4 Å². The van der Waals surface area contributed by atoms with Gasteiger partial charge in [-0.1, -0.05) is 29.8 Å². The van der Waals surface area contributed by atoms with Crippen molar-refractivity contribution in [2.75, 3.05) is 13.2 Å². The zero-order chi connectivity index (χ0) is 19.4. The number of halogens is 1. The molecule has 9 heteroatoms. The zero-order valence-electron chi connectivity index (χ0n) is 14.0. The van der Waals surface area contributed by atoms with Crippen LogP contribution in [0, 0.1) is 10.1 Å². The highest BCUT2D eigenvalue weighted by atomic mass is 35.5. The molecule has 2 aromatic rings. The van der Waals surface area contributed by atoms with E-state index in [4.69, 9.17) is 21.1 Å². The largest absolute Gasteiger partial charge is 0.493 e. The van der Waals surface area contributed by atoms with E-state index in [0.717, 1.165) is 17.7 Å². The maximum Gasteiger partial charge on any atom is 0.340 e. The zero-order valence-corrected chi connectivity index (χ0v) is 14.8. The molecule has 1 N–H and O–H groups in total. The SMILES string of the molecule is O=C(COC(=O)c1ccc([N+](=O)[O-])cc1Cl)NC1CCOc2ccccc21. The predicted octanol–water partition coefficient (Wildman–Crippen LogP) is 3.05. The highest BCUT2D eigenvalue weighted by Gasteiger charge is 2.23. The van der Waals surface area contributed by atoms with Crippen LogP contribution in [0.2, 0.25) is 5.02 Å². The number of esters is 1. The number of non-ortho nitro benzene ring substituents is 1. The van der Waals surface area contributed by atoms with Crippen LogP contribution in [0.25, 0.3) is 0 Å². The van der Waals surface area contributed by atoms with E-state index in [-0.39, 0.29) is 22.3 Å². The molecule has 1 atom stereocenters. The third-order valence-corrected chi connectivity index (χ3v) is 4.32. The van der Waals surface area contributed by atoms with E-state index in [1.165, 1.54) is 6.07 Å². The van der Waals surface area contributed by atoms with Crippen molar-refractivity contribution in [3.05, 3.63) is 68.7 Å². The van der Waals surface area contributed by atoms with Gasteiger partial charge in [-0.15, -0.1) is 0 Å². The Balaban J connectivity index is 1.58. The second kappa shape index (κ2) is 8.05. The van der Waals surface area contributed by atoms with Gasteiger partial charge in [0.25, 0.3) is 11.6 Å². The molecule has 1 unspecified atom stereocenters. The van der Waals surface area contributed by atoms with Crippen molar-refractivity contribution in [3.8, 4) is 5.75 Å². The maximum absolute atomic E-state index is 12.1. The van der Waals surface area contributed by atoms with E-state index >= 15 is 0 Å². The van der Waals surface area contributed by atoms with Gasteiger partial charge in [0.15, 0.2) is 6.61 Å². The van der Waals surface area contributed by atoms with Crippen LogP contribution in [0.3, 0.4) is 0 Å². The number of nitro groups is 1. The van der Waals surface area contributed by atoms with Crippen molar-refractivity contribution in [2.45, 2.75) is 12.5 Å². The number of hydrogen-bond donors (Lipinski definition) is 1. The monoisotopic (exact) mass is 390 g/mol. The molecule has 0 saturated heterocycles. The molecule has 0 bridgehead atoms. The Labute approximate surface area is 159 Å². The molecule has 27 heavy (non-hydrogen) atoms. The second-order valence-electron chi connectivity index (χ2n) is 5.79. The summed E-state index contributed by atoms with van der Waals surface area (Å²) >= 11 is 5.88. The molecule has 3 rings (SSSR count). The number of nitrogens with zero attached hydrogens (tertiary/aromatic N) is 1. The average Bonchev–Trinajstić information content (AvgIpc) is 2.66. The number of nitro benzene ring substituents is 1. The predicted molar refractivity (Wildman–Crippen MR) is 95.8 cm³/mol. The molecule has 0 aromatic heterocycles. The summed E-state index contributed by atoms with van der Waals surface area (Å²) in [6.07, 6.45) is 0.602. The number of rotatable bonds is 5. The third kappa shape index (κ3) is 4.35. The Morgan fingerprint density at radius 3 is 2.81 bits per heavy atom. The number of amides is 1. The fourth-order valence-corrected chi connectivity index (χ4v) is 2.97. The average molecular weight is 391 g/mol. The summed E-state index contributed by atoms with van der Waals surface area (Å²) in [4.78, 5) is 34.3. The minimum Gasteiger partial charge on any atom is -0.493 e. The number of hydrogen-bond acceptors (Lipinski definition) is 6. The summed E-state index contributed by atoms with van der Waals surface area (Å²) in [6, 6.07) is 10.5. The number of fused-ring (bicyclic) bond motifs is 1. The van der Waals surface area contributed by atoms with Crippen molar-refractivity contribution in [3.63, 3.8) is 0 Å². The van der Waals surface area contributed by atoms with Crippen molar-refractivity contribution < 1.29 is 24.0 Å². The first-order valence-electron chi connectivity index (χ1n) is 8.08. The normalized spacial score (nSPS) is 15.2. The first-order valence-corrected chi connectivity index (χ1v) is 8.45. The first-order chi connectivity index (χ1) is 13.0. The minimum atomic E-state index is -0.836. The van der Waals surface area contributed by atoms with Gasteiger partial charge in [0.1, 0.15) is 5.75 Å². The van der Waals surface area contributed by atoms with Crippen molar-refractivity contribution in [2.24, 2.45) is 0 Å². The Morgan fingerprint density at radius 1 is 1.30 bits per heavy atom. The van der Waals surface area contributed by atoms with Crippen LogP contribution >= 0.6 is 11.6 Å². The van der Waals surface area contributed by atoms with Crippen LogP contribution in [0.15, 0.2) is 42.5 Å². The molecule has 140 valence electrons. The summed E-state index contributed by atoms with van der Waals surface area (Å²) in [6.45, 7) is -0.0220. The Morgan fingerprint density at radius 2 is 2.07 bits per heavy atom. The van der Waals surface area contributed by atoms with Gasteiger partial charge < -0.3 is 14.8 Å². The molecule has 1 aliphatic heterocycles. The molecule has 0 spiro atoms. The molecule has 1 amide bonds. The van der Waals surface area contributed by atoms with Gasteiger partial charge in [0, 0.05) is 24.1 Å². The van der Waals surface area contributed by atoms with Gasteiger partial charge in [-0.05, 0) is 12.1 Å². The van der Waals surface area contributed by atoms with E-state index in [2.05, 4.69) is 5.32 Å². The quantitative estimate of drug-likeness (QED) is 0.477. The van der Waals surface area contributed by atoms with Gasteiger partial charge in [0.2, 0.25) is 0 Å².